The first kappa shape index (κ1) is 18.1. The van der Waals surface area contributed by atoms with Gasteiger partial charge in [0.25, 0.3) is 5.91 Å². The number of fused-ring (bicyclic) bond motifs is 1. The Hall–Kier alpha value is -2.73. The van der Waals surface area contributed by atoms with E-state index in [0.717, 1.165) is 6.42 Å². The number of para-hydroxylation sites is 1. The minimum atomic E-state index is -0.975. The van der Waals surface area contributed by atoms with Crippen molar-refractivity contribution in [2.75, 3.05) is 18.5 Å². The van der Waals surface area contributed by atoms with E-state index in [9.17, 15) is 9.59 Å². The van der Waals surface area contributed by atoms with Crippen LogP contribution in [0, 0.1) is 0 Å². The topological polar surface area (TPSA) is 73.9 Å². The van der Waals surface area contributed by atoms with Crippen molar-refractivity contribution in [1.29, 1.82) is 0 Å². The third-order valence-electron chi connectivity index (χ3n) is 3.73. The van der Waals surface area contributed by atoms with Gasteiger partial charge in [-0.3, -0.25) is 4.79 Å². The van der Waals surface area contributed by atoms with Gasteiger partial charge in [0.1, 0.15) is 0 Å². The molecule has 0 bridgehead atoms. The number of halogens is 1. The highest BCUT2D eigenvalue weighted by molar-refractivity contribution is 6.32. The van der Waals surface area contributed by atoms with Crippen LogP contribution in [-0.2, 0) is 9.53 Å². The summed E-state index contributed by atoms with van der Waals surface area (Å²) in [5.74, 6) is -0.290. The molecule has 7 heteroatoms. The summed E-state index contributed by atoms with van der Waals surface area (Å²) >= 11 is 6.18. The maximum Gasteiger partial charge on any atom is 0.339 e. The Morgan fingerprint density at radius 1 is 1.15 bits per heavy atom. The molecule has 1 heterocycles. The fourth-order valence-electron chi connectivity index (χ4n) is 2.40. The van der Waals surface area contributed by atoms with E-state index >= 15 is 0 Å². The number of carbonyl (C=O) groups is 2. The lowest BCUT2D eigenvalue weighted by atomic mass is 10.2. The van der Waals surface area contributed by atoms with Gasteiger partial charge in [-0.25, -0.2) is 4.79 Å². The van der Waals surface area contributed by atoms with E-state index in [-0.39, 0.29) is 10.6 Å². The second kappa shape index (κ2) is 8.10. The molecular formula is C19H18ClNO5. The number of esters is 1. The molecule has 3 rings (SSSR count). The van der Waals surface area contributed by atoms with Gasteiger partial charge < -0.3 is 19.5 Å². The van der Waals surface area contributed by atoms with Crippen molar-refractivity contribution in [1.82, 2.24) is 0 Å². The molecule has 1 aliphatic rings. The Morgan fingerprint density at radius 2 is 1.88 bits per heavy atom. The summed E-state index contributed by atoms with van der Waals surface area (Å²) in [5, 5.41) is 2.94. The van der Waals surface area contributed by atoms with Crippen molar-refractivity contribution in [2.24, 2.45) is 0 Å². The number of benzene rings is 2. The highest BCUT2D eigenvalue weighted by Gasteiger charge is 2.23. The number of rotatable bonds is 4. The molecule has 0 unspecified atom stereocenters. The first-order chi connectivity index (χ1) is 12.5. The summed E-state index contributed by atoms with van der Waals surface area (Å²) in [5.41, 5.74) is 0.817. The quantitative estimate of drug-likeness (QED) is 0.825. The van der Waals surface area contributed by atoms with Crippen LogP contribution in [0.3, 0.4) is 0 Å². The summed E-state index contributed by atoms with van der Waals surface area (Å²) in [6, 6.07) is 11.9. The standard InChI is InChI=1S/C19H18ClNO5/c1-12(18(22)21-14-6-3-2-4-7-14)26-19(23)13-10-15(20)17-16(11-13)24-8-5-9-25-17/h2-4,6-7,10-12H,5,8-9H2,1H3,(H,21,22)/t12-/m1/s1. The van der Waals surface area contributed by atoms with Crippen molar-refractivity contribution in [3.05, 3.63) is 53.1 Å². The van der Waals surface area contributed by atoms with Gasteiger partial charge in [0, 0.05) is 12.1 Å². The molecule has 1 N–H and O–H groups in total. The van der Waals surface area contributed by atoms with E-state index in [0.29, 0.717) is 30.4 Å². The van der Waals surface area contributed by atoms with Gasteiger partial charge in [-0.1, -0.05) is 29.8 Å². The Morgan fingerprint density at radius 3 is 2.65 bits per heavy atom. The second-order valence-electron chi connectivity index (χ2n) is 5.74. The molecule has 0 saturated heterocycles. The molecule has 0 saturated carbocycles. The fourth-order valence-corrected chi connectivity index (χ4v) is 2.66. The Labute approximate surface area is 156 Å². The Balaban J connectivity index is 1.68. The van der Waals surface area contributed by atoms with Crippen LogP contribution in [0.2, 0.25) is 5.02 Å². The lowest BCUT2D eigenvalue weighted by Crippen LogP contribution is -2.30. The number of hydrogen-bond acceptors (Lipinski definition) is 5. The summed E-state index contributed by atoms with van der Waals surface area (Å²) in [7, 11) is 0. The smallest absolute Gasteiger partial charge is 0.339 e. The number of anilines is 1. The zero-order chi connectivity index (χ0) is 18.5. The molecule has 1 amide bonds. The minimum Gasteiger partial charge on any atom is -0.489 e. The SMILES string of the molecule is C[C@@H](OC(=O)c1cc(Cl)c2c(c1)OCCCO2)C(=O)Nc1ccccc1. The van der Waals surface area contributed by atoms with Gasteiger partial charge in [-0.05, 0) is 31.2 Å². The van der Waals surface area contributed by atoms with Crippen molar-refractivity contribution in [3.63, 3.8) is 0 Å². The van der Waals surface area contributed by atoms with Gasteiger partial charge in [-0.2, -0.15) is 0 Å². The molecule has 136 valence electrons. The number of amides is 1. The van der Waals surface area contributed by atoms with Crippen molar-refractivity contribution in [3.8, 4) is 11.5 Å². The van der Waals surface area contributed by atoms with Gasteiger partial charge in [0.05, 0.1) is 23.8 Å². The lowest BCUT2D eigenvalue weighted by molar-refractivity contribution is -0.123. The predicted molar refractivity (Wildman–Crippen MR) is 97.0 cm³/mol. The summed E-state index contributed by atoms with van der Waals surface area (Å²) in [6.45, 7) is 2.46. The number of hydrogen-bond donors (Lipinski definition) is 1. The predicted octanol–water partition coefficient (Wildman–Crippen LogP) is 3.69. The molecule has 1 aliphatic heterocycles. The van der Waals surface area contributed by atoms with E-state index in [1.54, 1.807) is 24.3 Å². The molecule has 0 aliphatic carbocycles. The van der Waals surface area contributed by atoms with E-state index in [1.165, 1.54) is 19.1 Å². The molecular weight excluding hydrogens is 358 g/mol. The number of carbonyl (C=O) groups excluding carboxylic acids is 2. The molecule has 0 spiro atoms. The molecule has 6 nitrogen and oxygen atoms in total. The zero-order valence-electron chi connectivity index (χ0n) is 14.2. The van der Waals surface area contributed by atoms with Crippen molar-refractivity contribution in [2.45, 2.75) is 19.4 Å². The maximum absolute atomic E-state index is 12.4. The van der Waals surface area contributed by atoms with Crippen LogP contribution in [0.15, 0.2) is 42.5 Å². The number of nitrogens with one attached hydrogen (secondary N) is 1. The molecule has 0 radical (unpaired) electrons. The average molecular weight is 376 g/mol. The van der Waals surface area contributed by atoms with E-state index < -0.39 is 18.0 Å². The van der Waals surface area contributed by atoms with Crippen LogP contribution in [0.1, 0.15) is 23.7 Å². The fraction of sp³-hybridized carbons (Fsp3) is 0.263. The Bertz CT molecular complexity index is 809. The summed E-state index contributed by atoms with van der Waals surface area (Å²) in [4.78, 5) is 24.5. The van der Waals surface area contributed by atoms with Crippen molar-refractivity contribution < 1.29 is 23.8 Å². The molecule has 0 fully saturated rings. The van der Waals surface area contributed by atoms with Crippen LogP contribution in [0.25, 0.3) is 0 Å². The average Bonchev–Trinajstić information content (AvgIpc) is 2.88. The van der Waals surface area contributed by atoms with Gasteiger partial charge >= 0.3 is 5.97 Å². The van der Waals surface area contributed by atoms with Gasteiger partial charge in [-0.15, -0.1) is 0 Å². The largest absolute Gasteiger partial charge is 0.489 e. The summed E-state index contributed by atoms with van der Waals surface area (Å²) < 4.78 is 16.3. The minimum absolute atomic E-state index is 0.193. The molecule has 26 heavy (non-hydrogen) atoms. The lowest BCUT2D eigenvalue weighted by Gasteiger charge is -2.15. The van der Waals surface area contributed by atoms with Crippen LogP contribution in [0.4, 0.5) is 5.69 Å². The number of ether oxygens (including phenoxy) is 3. The first-order valence-electron chi connectivity index (χ1n) is 8.20. The highest BCUT2D eigenvalue weighted by atomic mass is 35.5. The zero-order valence-corrected chi connectivity index (χ0v) is 14.9. The normalized spacial score (nSPS) is 14.1. The maximum atomic E-state index is 12.4. The highest BCUT2D eigenvalue weighted by Crippen LogP contribution is 2.38. The van der Waals surface area contributed by atoms with Crippen LogP contribution >= 0.6 is 11.6 Å². The van der Waals surface area contributed by atoms with E-state index in [1.807, 2.05) is 6.07 Å². The molecule has 2 aromatic carbocycles. The van der Waals surface area contributed by atoms with Gasteiger partial charge in [0.15, 0.2) is 17.6 Å². The molecule has 1 atom stereocenters. The van der Waals surface area contributed by atoms with E-state index in [2.05, 4.69) is 5.32 Å². The monoisotopic (exact) mass is 375 g/mol. The molecule has 0 aromatic heterocycles. The van der Waals surface area contributed by atoms with Crippen LogP contribution in [0.5, 0.6) is 11.5 Å². The van der Waals surface area contributed by atoms with Gasteiger partial charge in [0.2, 0.25) is 0 Å². The third kappa shape index (κ3) is 4.26. The first-order valence-corrected chi connectivity index (χ1v) is 8.58. The van der Waals surface area contributed by atoms with Crippen LogP contribution in [-0.4, -0.2) is 31.2 Å². The van der Waals surface area contributed by atoms with E-state index in [4.69, 9.17) is 25.8 Å². The Kier molecular flexibility index (Phi) is 5.63. The van der Waals surface area contributed by atoms with Crippen molar-refractivity contribution >= 4 is 29.2 Å². The molecule has 2 aromatic rings. The summed E-state index contributed by atoms with van der Waals surface area (Å²) in [6.07, 6.45) is -0.251. The van der Waals surface area contributed by atoms with Crippen LogP contribution < -0.4 is 14.8 Å². The second-order valence-corrected chi connectivity index (χ2v) is 6.15. The third-order valence-corrected chi connectivity index (χ3v) is 4.01.